The Bertz CT molecular complexity index is 320. The Morgan fingerprint density at radius 3 is 2.59 bits per heavy atom. The van der Waals surface area contributed by atoms with Crippen LogP contribution >= 0.6 is 15.9 Å². The number of halogens is 1. The van der Waals surface area contributed by atoms with Gasteiger partial charge in [0.15, 0.2) is 0 Å². The molecule has 0 aromatic heterocycles. The van der Waals surface area contributed by atoms with E-state index in [4.69, 9.17) is 9.47 Å². The van der Waals surface area contributed by atoms with E-state index in [1.807, 2.05) is 18.2 Å². The fourth-order valence-corrected chi connectivity index (χ4v) is 2.19. The van der Waals surface area contributed by atoms with Crippen molar-refractivity contribution in [1.82, 2.24) is 4.90 Å². The lowest BCUT2D eigenvalue weighted by Gasteiger charge is -2.22. The number of alkyl halides is 1. The van der Waals surface area contributed by atoms with Crippen molar-refractivity contribution in [1.29, 1.82) is 0 Å². The van der Waals surface area contributed by atoms with E-state index in [1.165, 1.54) is 5.56 Å². The number of para-hydroxylation sites is 1. The smallest absolute Gasteiger partial charge is 0.123 e. The molecule has 0 N–H and O–H groups in total. The molecule has 1 aromatic rings. The summed E-state index contributed by atoms with van der Waals surface area (Å²) in [6, 6.07) is 8.14. The van der Waals surface area contributed by atoms with Crippen LogP contribution in [-0.4, -0.2) is 44.1 Å². The van der Waals surface area contributed by atoms with Gasteiger partial charge in [-0.15, -0.1) is 0 Å². The number of nitrogens with zero attached hydrogens (tertiary/aromatic N) is 1. The monoisotopic (exact) mass is 301 g/mol. The van der Waals surface area contributed by atoms with E-state index in [0.29, 0.717) is 0 Å². The number of hydrogen-bond acceptors (Lipinski definition) is 3. The maximum atomic E-state index is 5.36. The number of ether oxygens (including phenoxy) is 2. The van der Waals surface area contributed by atoms with Crippen molar-refractivity contribution >= 4 is 15.9 Å². The Labute approximate surface area is 112 Å². The molecule has 0 atom stereocenters. The molecule has 1 aromatic carbocycles. The summed E-state index contributed by atoms with van der Waals surface area (Å²) in [5.74, 6) is 0.949. The quantitative estimate of drug-likeness (QED) is 0.689. The normalized spacial score (nSPS) is 10.8. The molecule has 0 saturated heterocycles. The molecular weight excluding hydrogens is 282 g/mol. The molecule has 0 bridgehead atoms. The van der Waals surface area contributed by atoms with E-state index in [0.717, 1.165) is 37.3 Å². The SMILES string of the molecule is COCCN(CCBr)Cc1ccccc1OC. The molecule has 0 saturated carbocycles. The van der Waals surface area contributed by atoms with Crippen molar-refractivity contribution < 1.29 is 9.47 Å². The Kier molecular flexibility index (Phi) is 7.24. The topological polar surface area (TPSA) is 21.7 Å². The third-order valence-corrected chi connectivity index (χ3v) is 2.95. The van der Waals surface area contributed by atoms with Gasteiger partial charge in [-0.25, -0.2) is 0 Å². The second-order valence-corrected chi connectivity index (χ2v) is 4.56. The first-order chi connectivity index (χ1) is 8.31. The minimum atomic E-state index is 0.752. The van der Waals surface area contributed by atoms with E-state index < -0.39 is 0 Å². The lowest BCUT2D eigenvalue weighted by Crippen LogP contribution is -2.29. The van der Waals surface area contributed by atoms with Crippen molar-refractivity contribution in [3.05, 3.63) is 29.8 Å². The van der Waals surface area contributed by atoms with Gasteiger partial charge in [-0.1, -0.05) is 34.1 Å². The maximum Gasteiger partial charge on any atom is 0.123 e. The van der Waals surface area contributed by atoms with Crippen molar-refractivity contribution in [2.24, 2.45) is 0 Å². The summed E-state index contributed by atoms with van der Waals surface area (Å²) < 4.78 is 10.5. The van der Waals surface area contributed by atoms with E-state index in [2.05, 4.69) is 26.9 Å². The molecule has 0 spiro atoms. The van der Waals surface area contributed by atoms with Crippen LogP contribution in [0.15, 0.2) is 24.3 Å². The molecule has 0 unspecified atom stereocenters. The number of hydrogen-bond donors (Lipinski definition) is 0. The minimum absolute atomic E-state index is 0.752. The molecule has 0 aliphatic heterocycles. The van der Waals surface area contributed by atoms with Gasteiger partial charge in [0.2, 0.25) is 0 Å². The van der Waals surface area contributed by atoms with Crippen LogP contribution in [0.2, 0.25) is 0 Å². The third kappa shape index (κ3) is 5.06. The Hall–Kier alpha value is -0.580. The molecule has 0 aliphatic carbocycles. The first kappa shape index (κ1) is 14.5. The zero-order chi connectivity index (χ0) is 12.5. The molecular formula is C13H20BrNO2. The highest BCUT2D eigenvalue weighted by atomic mass is 79.9. The summed E-state index contributed by atoms with van der Waals surface area (Å²) in [6.45, 7) is 3.57. The van der Waals surface area contributed by atoms with Crippen LogP contribution in [0.1, 0.15) is 5.56 Å². The zero-order valence-corrected chi connectivity index (χ0v) is 12.1. The maximum absolute atomic E-state index is 5.36. The van der Waals surface area contributed by atoms with Gasteiger partial charge in [0.1, 0.15) is 5.75 Å². The van der Waals surface area contributed by atoms with Crippen LogP contribution in [0.5, 0.6) is 5.75 Å². The van der Waals surface area contributed by atoms with Gasteiger partial charge in [-0.3, -0.25) is 4.90 Å². The fourth-order valence-electron chi connectivity index (χ4n) is 1.68. The highest BCUT2D eigenvalue weighted by molar-refractivity contribution is 9.09. The Morgan fingerprint density at radius 1 is 1.18 bits per heavy atom. The average molecular weight is 302 g/mol. The first-order valence-corrected chi connectivity index (χ1v) is 6.83. The van der Waals surface area contributed by atoms with Crippen LogP contribution in [0, 0.1) is 0 Å². The molecule has 4 heteroatoms. The van der Waals surface area contributed by atoms with E-state index in [-0.39, 0.29) is 0 Å². The zero-order valence-electron chi connectivity index (χ0n) is 10.5. The van der Waals surface area contributed by atoms with Crippen molar-refractivity contribution in [2.75, 3.05) is 39.2 Å². The highest BCUT2D eigenvalue weighted by Gasteiger charge is 2.08. The Morgan fingerprint density at radius 2 is 1.94 bits per heavy atom. The first-order valence-electron chi connectivity index (χ1n) is 5.71. The van der Waals surface area contributed by atoms with E-state index in [9.17, 15) is 0 Å². The largest absolute Gasteiger partial charge is 0.496 e. The molecule has 3 nitrogen and oxygen atoms in total. The minimum Gasteiger partial charge on any atom is -0.496 e. The second-order valence-electron chi connectivity index (χ2n) is 3.77. The lowest BCUT2D eigenvalue weighted by molar-refractivity contribution is 0.147. The molecule has 96 valence electrons. The van der Waals surface area contributed by atoms with Crippen molar-refractivity contribution in [2.45, 2.75) is 6.54 Å². The van der Waals surface area contributed by atoms with Gasteiger partial charge < -0.3 is 9.47 Å². The predicted molar refractivity (Wildman–Crippen MR) is 73.9 cm³/mol. The number of methoxy groups -OCH3 is 2. The second kappa shape index (κ2) is 8.50. The van der Waals surface area contributed by atoms with Gasteiger partial charge in [0.05, 0.1) is 13.7 Å². The molecule has 17 heavy (non-hydrogen) atoms. The third-order valence-electron chi connectivity index (χ3n) is 2.60. The van der Waals surface area contributed by atoms with Gasteiger partial charge >= 0.3 is 0 Å². The molecule has 1 rings (SSSR count). The summed E-state index contributed by atoms with van der Waals surface area (Å²) in [5, 5.41) is 0.964. The van der Waals surface area contributed by atoms with Gasteiger partial charge in [-0.2, -0.15) is 0 Å². The lowest BCUT2D eigenvalue weighted by atomic mass is 10.2. The highest BCUT2D eigenvalue weighted by Crippen LogP contribution is 2.19. The van der Waals surface area contributed by atoms with E-state index >= 15 is 0 Å². The van der Waals surface area contributed by atoms with Gasteiger partial charge in [0.25, 0.3) is 0 Å². The molecule has 0 aliphatic rings. The van der Waals surface area contributed by atoms with Crippen LogP contribution < -0.4 is 4.74 Å². The van der Waals surface area contributed by atoms with Crippen LogP contribution in [0.4, 0.5) is 0 Å². The molecule has 0 heterocycles. The van der Waals surface area contributed by atoms with Crippen molar-refractivity contribution in [3.8, 4) is 5.75 Å². The van der Waals surface area contributed by atoms with Crippen LogP contribution in [0.3, 0.4) is 0 Å². The summed E-state index contributed by atoms with van der Waals surface area (Å²) in [7, 11) is 3.44. The molecule has 0 fully saturated rings. The summed E-state index contributed by atoms with van der Waals surface area (Å²) in [4.78, 5) is 2.34. The summed E-state index contributed by atoms with van der Waals surface area (Å²) >= 11 is 3.48. The van der Waals surface area contributed by atoms with Crippen LogP contribution in [0.25, 0.3) is 0 Å². The summed E-state index contributed by atoms with van der Waals surface area (Å²) in [5.41, 5.74) is 1.21. The average Bonchev–Trinajstić information content (AvgIpc) is 2.37. The standard InChI is InChI=1S/C13H20BrNO2/c1-16-10-9-15(8-7-14)11-12-5-3-4-6-13(12)17-2/h3-6H,7-11H2,1-2H3. The summed E-state index contributed by atoms with van der Waals surface area (Å²) in [6.07, 6.45) is 0. The number of benzene rings is 1. The predicted octanol–water partition coefficient (Wildman–Crippen LogP) is 2.54. The van der Waals surface area contributed by atoms with Gasteiger partial charge in [-0.05, 0) is 6.07 Å². The van der Waals surface area contributed by atoms with Gasteiger partial charge in [0, 0.05) is 37.6 Å². The number of rotatable bonds is 8. The van der Waals surface area contributed by atoms with Crippen molar-refractivity contribution in [3.63, 3.8) is 0 Å². The van der Waals surface area contributed by atoms with Crippen LogP contribution in [-0.2, 0) is 11.3 Å². The molecule has 0 radical (unpaired) electrons. The fraction of sp³-hybridized carbons (Fsp3) is 0.538. The Balaban J connectivity index is 2.63. The van der Waals surface area contributed by atoms with E-state index in [1.54, 1.807) is 14.2 Å². The molecule has 0 amide bonds.